The Kier molecular flexibility index (Phi) is 2.73. The van der Waals surface area contributed by atoms with Gasteiger partial charge in [-0.25, -0.2) is 0 Å². The van der Waals surface area contributed by atoms with Crippen LogP contribution in [-0.4, -0.2) is 40.9 Å². The van der Waals surface area contributed by atoms with Crippen molar-refractivity contribution in [3.05, 3.63) is 0 Å². The lowest BCUT2D eigenvalue weighted by Gasteiger charge is -2.32. The number of ether oxygens (including phenoxy) is 1. The van der Waals surface area contributed by atoms with Crippen molar-refractivity contribution in [3.8, 4) is 0 Å². The number of rotatable bonds is 1. The van der Waals surface area contributed by atoms with Crippen LogP contribution < -0.4 is 5.73 Å². The molecule has 1 unspecified atom stereocenters. The minimum Gasteiger partial charge on any atom is -0.369 e. The predicted molar refractivity (Wildman–Crippen MR) is 62.1 cm³/mol. The van der Waals surface area contributed by atoms with Gasteiger partial charge in [-0.1, -0.05) is 20.8 Å². The van der Waals surface area contributed by atoms with Gasteiger partial charge in [-0.3, -0.25) is 14.4 Å². The largest absolute Gasteiger partial charge is 0.369 e. The van der Waals surface area contributed by atoms with E-state index in [0.29, 0.717) is 0 Å². The van der Waals surface area contributed by atoms with E-state index in [1.54, 1.807) is 6.92 Å². The van der Waals surface area contributed by atoms with Crippen LogP contribution in [0, 0.1) is 11.3 Å². The molecule has 0 radical (unpaired) electrons. The van der Waals surface area contributed by atoms with Crippen molar-refractivity contribution in [1.29, 1.82) is 0 Å². The van der Waals surface area contributed by atoms with Crippen LogP contribution >= 0.6 is 0 Å². The lowest BCUT2D eigenvalue weighted by Crippen LogP contribution is -2.45. The van der Waals surface area contributed by atoms with Gasteiger partial charge in [-0.05, 0) is 6.92 Å². The maximum absolute atomic E-state index is 12.2. The quantitative estimate of drug-likeness (QED) is 0.648. The average Bonchev–Trinajstić information content (AvgIpc) is 2.65. The summed E-state index contributed by atoms with van der Waals surface area (Å²) in [7, 11) is 0. The van der Waals surface area contributed by atoms with E-state index in [1.807, 2.05) is 20.8 Å². The third-order valence-corrected chi connectivity index (χ3v) is 3.44. The Bertz CT molecular complexity index is 426. The highest BCUT2D eigenvalue weighted by atomic mass is 16.5. The van der Waals surface area contributed by atoms with E-state index in [0.717, 1.165) is 0 Å². The topological polar surface area (TPSA) is 89.7 Å². The van der Waals surface area contributed by atoms with E-state index in [2.05, 4.69) is 0 Å². The second-order valence-corrected chi connectivity index (χ2v) is 5.99. The van der Waals surface area contributed by atoms with Crippen molar-refractivity contribution in [1.82, 2.24) is 4.90 Å². The summed E-state index contributed by atoms with van der Waals surface area (Å²) >= 11 is 0. The number of Topliss-reactive ketones (excluding diaryl/α,β-unsaturated/α-hetero) is 1. The fourth-order valence-corrected chi connectivity index (χ4v) is 2.66. The number of nitrogens with zero attached hydrogens (tertiary/aromatic N) is 1. The molecular weight excluding hydrogens is 236 g/mol. The SMILES string of the molecule is C[C@H]1O[C@H](C(C)(C)C)N2C(=O)C(C(N)=O)C(=O)[C@@H]12. The third-order valence-electron chi connectivity index (χ3n) is 3.44. The number of carbonyl (C=O) groups excluding carboxylic acids is 3. The van der Waals surface area contributed by atoms with Gasteiger partial charge in [0.25, 0.3) is 0 Å². The zero-order valence-electron chi connectivity index (χ0n) is 11.0. The van der Waals surface area contributed by atoms with Gasteiger partial charge in [0, 0.05) is 5.41 Å². The fourth-order valence-electron chi connectivity index (χ4n) is 2.66. The monoisotopic (exact) mass is 254 g/mol. The second-order valence-electron chi connectivity index (χ2n) is 5.99. The number of carbonyl (C=O) groups is 3. The molecule has 0 saturated carbocycles. The van der Waals surface area contributed by atoms with Gasteiger partial charge in [0.05, 0.1) is 6.10 Å². The molecule has 0 bridgehead atoms. The van der Waals surface area contributed by atoms with Crippen molar-refractivity contribution in [2.75, 3.05) is 0 Å². The first-order valence-corrected chi connectivity index (χ1v) is 5.97. The van der Waals surface area contributed by atoms with Crippen LogP contribution in [0.25, 0.3) is 0 Å². The lowest BCUT2D eigenvalue weighted by atomic mass is 9.93. The standard InChI is InChI=1S/C12H18N2O4/c1-5-7-8(15)6(9(13)16)10(17)14(7)11(18-5)12(2,3)4/h5-7,11H,1-4H3,(H2,13,16)/t5-,6?,7-,11-/m1/s1. The van der Waals surface area contributed by atoms with Crippen LogP contribution in [0.3, 0.4) is 0 Å². The highest BCUT2D eigenvalue weighted by molar-refractivity contribution is 6.23. The van der Waals surface area contributed by atoms with Crippen LogP contribution in [0.2, 0.25) is 0 Å². The molecule has 18 heavy (non-hydrogen) atoms. The third kappa shape index (κ3) is 1.63. The number of nitrogens with two attached hydrogens (primary N) is 1. The van der Waals surface area contributed by atoms with E-state index in [-0.39, 0.29) is 5.41 Å². The van der Waals surface area contributed by atoms with Crippen molar-refractivity contribution in [2.45, 2.75) is 46.1 Å². The Morgan fingerprint density at radius 1 is 1.33 bits per heavy atom. The van der Waals surface area contributed by atoms with Gasteiger partial charge in [-0.15, -0.1) is 0 Å². The van der Waals surface area contributed by atoms with Gasteiger partial charge in [-0.2, -0.15) is 0 Å². The maximum Gasteiger partial charge on any atom is 0.245 e. The van der Waals surface area contributed by atoms with E-state index in [9.17, 15) is 14.4 Å². The van der Waals surface area contributed by atoms with Gasteiger partial charge in [0.15, 0.2) is 11.7 Å². The molecule has 0 spiro atoms. The van der Waals surface area contributed by atoms with Crippen molar-refractivity contribution in [2.24, 2.45) is 17.1 Å². The normalized spacial score (nSPS) is 36.1. The molecule has 2 rings (SSSR count). The molecule has 2 fully saturated rings. The lowest BCUT2D eigenvalue weighted by molar-refractivity contribution is -0.147. The Balaban J connectivity index is 2.41. The number of hydrogen-bond donors (Lipinski definition) is 1. The Morgan fingerprint density at radius 3 is 2.33 bits per heavy atom. The predicted octanol–water partition coefficient (Wildman–Crippen LogP) is -0.341. The van der Waals surface area contributed by atoms with Crippen LogP contribution in [0.4, 0.5) is 0 Å². The summed E-state index contributed by atoms with van der Waals surface area (Å²) in [6, 6.07) is -0.681. The van der Waals surface area contributed by atoms with Crippen molar-refractivity contribution >= 4 is 17.6 Å². The molecule has 2 saturated heterocycles. The average molecular weight is 254 g/mol. The maximum atomic E-state index is 12.2. The van der Waals surface area contributed by atoms with Gasteiger partial charge in [0.2, 0.25) is 11.8 Å². The van der Waals surface area contributed by atoms with Gasteiger partial charge in [0.1, 0.15) is 12.3 Å². The number of primary amides is 1. The summed E-state index contributed by atoms with van der Waals surface area (Å²) < 4.78 is 5.69. The number of ketones is 1. The minimum atomic E-state index is -1.34. The zero-order valence-corrected chi connectivity index (χ0v) is 11.0. The molecule has 0 aliphatic carbocycles. The molecule has 0 aromatic carbocycles. The molecule has 2 aliphatic rings. The zero-order chi connectivity index (χ0) is 13.8. The van der Waals surface area contributed by atoms with Crippen LogP contribution in [0.5, 0.6) is 0 Å². The Labute approximate surface area is 105 Å². The summed E-state index contributed by atoms with van der Waals surface area (Å²) in [5, 5.41) is 0. The summed E-state index contributed by atoms with van der Waals surface area (Å²) in [4.78, 5) is 36.9. The summed E-state index contributed by atoms with van der Waals surface area (Å²) in [6.07, 6.45) is -0.909. The highest BCUT2D eigenvalue weighted by Crippen LogP contribution is 2.40. The molecule has 2 heterocycles. The van der Waals surface area contributed by atoms with Crippen molar-refractivity contribution < 1.29 is 19.1 Å². The molecule has 6 nitrogen and oxygen atoms in total. The molecular formula is C12H18N2O4. The Morgan fingerprint density at radius 2 is 1.89 bits per heavy atom. The highest BCUT2D eigenvalue weighted by Gasteiger charge is 2.60. The van der Waals surface area contributed by atoms with Gasteiger partial charge >= 0.3 is 0 Å². The molecule has 2 amide bonds. The Hall–Kier alpha value is -1.43. The molecule has 2 aliphatic heterocycles. The molecule has 2 N–H and O–H groups in total. The fraction of sp³-hybridized carbons (Fsp3) is 0.750. The number of amides is 2. The number of hydrogen-bond acceptors (Lipinski definition) is 4. The summed E-state index contributed by atoms with van der Waals surface area (Å²) in [5.41, 5.74) is 4.81. The van der Waals surface area contributed by atoms with Crippen LogP contribution in [0.1, 0.15) is 27.7 Å². The first-order chi connectivity index (χ1) is 8.16. The molecule has 0 aromatic heterocycles. The minimum absolute atomic E-state index is 0.328. The number of fused-ring (bicyclic) bond motifs is 1. The van der Waals surface area contributed by atoms with E-state index in [4.69, 9.17) is 10.5 Å². The molecule has 4 atom stereocenters. The molecule has 6 heteroatoms. The van der Waals surface area contributed by atoms with E-state index >= 15 is 0 Å². The second kappa shape index (κ2) is 3.78. The first-order valence-electron chi connectivity index (χ1n) is 5.97. The van der Waals surface area contributed by atoms with Crippen LogP contribution in [0.15, 0.2) is 0 Å². The summed E-state index contributed by atoms with van der Waals surface area (Å²) in [6.45, 7) is 7.49. The van der Waals surface area contributed by atoms with E-state index in [1.165, 1.54) is 4.90 Å². The summed E-state index contributed by atoms with van der Waals surface area (Å²) in [5.74, 6) is -3.18. The van der Waals surface area contributed by atoms with Crippen molar-refractivity contribution in [3.63, 3.8) is 0 Å². The first kappa shape index (κ1) is 13.0. The smallest absolute Gasteiger partial charge is 0.245 e. The van der Waals surface area contributed by atoms with E-state index < -0.39 is 41.9 Å². The molecule has 100 valence electrons. The van der Waals surface area contributed by atoms with Gasteiger partial charge < -0.3 is 15.4 Å². The van der Waals surface area contributed by atoms with Crippen LogP contribution in [-0.2, 0) is 19.1 Å². The molecule has 0 aromatic rings.